The summed E-state index contributed by atoms with van der Waals surface area (Å²) in [7, 11) is 1.27. The van der Waals surface area contributed by atoms with E-state index in [1.807, 2.05) is 13.8 Å². The number of ether oxygens (including phenoxy) is 1. The summed E-state index contributed by atoms with van der Waals surface area (Å²) in [4.78, 5) is 21.1. The predicted octanol–water partition coefficient (Wildman–Crippen LogP) is 1.07. The Kier molecular flexibility index (Phi) is 9.01. The second-order valence-electron chi connectivity index (χ2n) is 3.01. The molecular weight excluding hydrogens is 190 g/mol. The predicted molar refractivity (Wildman–Crippen MR) is 55.2 cm³/mol. The Hall–Kier alpha value is -0.710. The van der Waals surface area contributed by atoms with Crippen LogP contribution in [0.3, 0.4) is 0 Å². The Morgan fingerprint density at radius 1 is 1.54 bits per heavy atom. The Labute approximate surface area is 85.5 Å². The summed E-state index contributed by atoms with van der Waals surface area (Å²) in [5, 5.41) is 2.42. The largest absolute Gasteiger partial charge is 0.453 e. The maximum Gasteiger partial charge on any atom is 0.407 e. The normalized spacial score (nSPS) is 11.4. The highest BCUT2D eigenvalue weighted by molar-refractivity contribution is 7.59. The molecule has 13 heavy (non-hydrogen) atoms. The van der Waals surface area contributed by atoms with E-state index in [1.165, 1.54) is 7.11 Å². The molecule has 0 spiro atoms. The number of aldehydes is 1. The zero-order valence-corrected chi connectivity index (χ0v) is 9.16. The van der Waals surface area contributed by atoms with Gasteiger partial charge in [0.2, 0.25) is 0 Å². The molecule has 0 saturated heterocycles. The molecule has 0 heterocycles. The summed E-state index contributed by atoms with van der Waals surface area (Å²) in [5.41, 5.74) is 0. The van der Waals surface area contributed by atoms with Gasteiger partial charge in [-0.25, -0.2) is 4.79 Å². The molecule has 78 valence electrons. The average Bonchev–Trinajstić information content (AvgIpc) is 2.02. The number of hydrogen-bond donors (Lipinski definition) is 1. The molecule has 0 aromatic rings. The van der Waals surface area contributed by atoms with E-state index < -0.39 is 12.1 Å². The van der Waals surface area contributed by atoms with Crippen LogP contribution in [0.1, 0.15) is 20.3 Å². The Balaban J connectivity index is 0. The lowest BCUT2D eigenvalue weighted by Gasteiger charge is -2.13. The summed E-state index contributed by atoms with van der Waals surface area (Å²) in [6, 6.07) is -0.433. The van der Waals surface area contributed by atoms with Crippen molar-refractivity contribution in [1.29, 1.82) is 0 Å². The number of methoxy groups -OCH3 is 1. The average molecular weight is 207 g/mol. The molecular formula is C8H17NO3S. The molecule has 1 N–H and O–H groups in total. The van der Waals surface area contributed by atoms with E-state index in [0.29, 0.717) is 12.3 Å². The number of alkyl carbamates (subject to hydrolysis) is 1. The Bertz CT molecular complexity index is 161. The highest BCUT2D eigenvalue weighted by Crippen LogP contribution is 2.02. The van der Waals surface area contributed by atoms with Gasteiger partial charge in [-0.15, -0.1) is 0 Å². The van der Waals surface area contributed by atoms with Gasteiger partial charge in [-0.2, -0.15) is 13.5 Å². The molecule has 4 nitrogen and oxygen atoms in total. The molecule has 0 bridgehead atoms. The van der Waals surface area contributed by atoms with Crippen molar-refractivity contribution < 1.29 is 14.3 Å². The third-order valence-electron chi connectivity index (χ3n) is 1.38. The quantitative estimate of drug-likeness (QED) is 0.701. The van der Waals surface area contributed by atoms with Gasteiger partial charge in [0.25, 0.3) is 0 Å². The maximum absolute atomic E-state index is 10.7. The van der Waals surface area contributed by atoms with Crippen LogP contribution in [0.15, 0.2) is 0 Å². The van der Waals surface area contributed by atoms with Crippen LogP contribution in [0, 0.1) is 5.92 Å². The first-order valence-electron chi connectivity index (χ1n) is 3.90. The summed E-state index contributed by atoms with van der Waals surface area (Å²) in [6.45, 7) is 3.96. The van der Waals surface area contributed by atoms with Crippen molar-refractivity contribution in [2.45, 2.75) is 26.3 Å². The van der Waals surface area contributed by atoms with E-state index in [2.05, 4.69) is 10.1 Å². The van der Waals surface area contributed by atoms with E-state index in [1.54, 1.807) is 0 Å². The van der Waals surface area contributed by atoms with Gasteiger partial charge < -0.3 is 14.8 Å². The van der Waals surface area contributed by atoms with Crippen LogP contribution in [0.4, 0.5) is 4.79 Å². The lowest BCUT2D eigenvalue weighted by atomic mass is 10.1. The van der Waals surface area contributed by atoms with Crippen LogP contribution in [-0.4, -0.2) is 25.5 Å². The molecule has 0 aliphatic heterocycles. The van der Waals surface area contributed by atoms with E-state index in [9.17, 15) is 9.59 Å². The zero-order chi connectivity index (χ0) is 9.56. The van der Waals surface area contributed by atoms with Crippen LogP contribution < -0.4 is 5.32 Å². The molecule has 0 aromatic carbocycles. The van der Waals surface area contributed by atoms with Crippen LogP contribution in [0.25, 0.3) is 0 Å². The van der Waals surface area contributed by atoms with Gasteiger partial charge >= 0.3 is 6.09 Å². The van der Waals surface area contributed by atoms with Gasteiger partial charge in [0.1, 0.15) is 6.29 Å². The van der Waals surface area contributed by atoms with Crippen molar-refractivity contribution in [2.24, 2.45) is 5.92 Å². The number of carbonyl (C=O) groups excluding carboxylic acids is 2. The molecule has 5 heteroatoms. The minimum absolute atomic E-state index is 0. The summed E-state index contributed by atoms with van der Waals surface area (Å²) < 4.78 is 4.36. The van der Waals surface area contributed by atoms with Crippen molar-refractivity contribution in [1.82, 2.24) is 5.32 Å². The smallest absolute Gasteiger partial charge is 0.407 e. The fraction of sp³-hybridized carbons (Fsp3) is 0.750. The van der Waals surface area contributed by atoms with Crippen molar-refractivity contribution in [3.63, 3.8) is 0 Å². The second kappa shape index (κ2) is 7.91. The van der Waals surface area contributed by atoms with Crippen LogP contribution in [0.2, 0.25) is 0 Å². The van der Waals surface area contributed by atoms with Gasteiger partial charge in [-0.1, -0.05) is 13.8 Å². The molecule has 1 amide bonds. The third-order valence-corrected chi connectivity index (χ3v) is 1.38. The van der Waals surface area contributed by atoms with Gasteiger partial charge in [0.15, 0.2) is 0 Å². The molecule has 0 saturated carbocycles. The van der Waals surface area contributed by atoms with Crippen molar-refractivity contribution >= 4 is 25.9 Å². The van der Waals surface area contributed by atoms with Gasteiger partial charge in [-0.05, 0) is 12.3 Å². The van der Waals surface area contributed by atoms with E-state index in [-0.39, 0.29) is 13.5 Å². The zero-order valence-electron chi connectivity index (χ0n) is 8.16. The Morgan fingerprint density at radius 2 is 2.08 bits per heavy atom. The lowest BCUT2D eigenvalue weighted by Crippen LogP contribution is -2.36. The highest BCUT2D eigenvalue weighted by atomic mass is 32.1. The highest BCUT2D eigenvalue weighted by Gasteiger charge is 2.12. The molecule has 0 aromatic heterocycles. The van der Waals surface area contributed by atoms with Gasteiger partial charge in [0.05, 0.1) is 13.2 Å². The number of carbonyl (C=O) groups is 2. The van der Waals surface area contributed by atoms with Crippen molar-refractivity contribution in [2.75, 3.05) is 7.11 Å². The molecule has 0 radical (unpaired) electrons. The minimum atomic E-state index is -0.562. The summed E-state index contributed by atoms with van der Waals surface area (Å²) in [5.74, 6) is 0.373. The molecule has 0 rings (SSSR count). The van der Waals surface area contributed by atoms with Gasteiger partial charge in [0, 0.05) is 0 Å². The lowest BCUT2D eigenvalue weighted by molar-refractivity contribution is -0.109. The first kappa shape index (κ1) is 14.8. The maximum atomic E-state index is 10.7. The molecule has 0 aliphatic rings. The number of hydrogen-bond acceptors (Lipinski definition) is 3. The Morgan fingerprint density at radius 3 is 2.38 bits per heavy atom. The SMILES string of the molecule is COC(=O)N[C@H](C=O)CC(C)C.S. The van der Waals surface area contributed by atoms with Crippen LogP contribution >= 0.6 is 13.5 Å². The first-order valence-corrected chi connectivity index (χ1v) is 3.90. The third kappa shape index (κ3) is 7.64. The number of rotatable bonds is 4. The monoisotopic (exact) mass is 207 g/mol. The second-order valence-corrected chi connectivity index (χ2v) is 3.01. The van der Waals surface area contributed by atoms with E-state index in [0.717, 1.165) is 6.29 Å². The van der Waals surface area contributed by atoms with Gasteiger partial charge in [-0.3, -0.25) is 0 Å². The van der Waals surface area contributed by atoms with Crippen LogP contribution in [0.5, 0.6) is 0 Å². The van der Waals surface area contributed by atoms with E-state index in [4.69, 9.17) is 0 Å². The molecule has 0 fully saturated rings. The molecule has 1 atom stereocenters. The molecule has 0 aliphatic carbocycles. The summed E-state index contributed by atoms with van der Waals surface area (Å²) >= 11 is 0. The first-order chi connectivity index (χ1) is 5.60. The van der Waals surface area contributed by atoms with E-state index >= 15 is 0 Å². The molecule has 0 unspecified atom stereocenters. The minimum Gasteiger partial charge on any atom is -0.453 e. The fourth-order valence-electron chi connectivity index (χ4n) is 0.867. The van der Waals surface area contributed by atoms with Crippen molar-refractivity contribution in [3.05, 3.63) is 0 Å². The topological polar surface area (TPSA) is 55.4 Å². The summed E-state index contributed by atoms with van der Waals surface area (Å²) in [6.07, 6.45) is 0.794. The van der Waals surface area contributed by atoms with Crippen molar-refractivity contribution in [3.8, 4) is 0 Å². The number of nitrogens with one attached hydrogen (secondary N) is 1. The standard InChI is InChI=1S/C8H15NO3.H2S/c1-6(2)4-7(5-10)9-8(11)12-3;/h5-7H,4H2,1-3H3,(H,9,11);1H2/t7-;/m0./s1. The number of amides is 1. The van der Waals surface area contributed by atoms with Crippen LogP contribution in [-0.2, 0) is 9.53 Å². The fourth-order valence-corrected chi connectivity index (χ4v) is 0.867.